The maximum Gasteiger partial charge on any atom is 0.251 e. The predicted molar refractivity (Wildman–Crippen MR) is 74.0 cm³/mol. The smallest absolute Gasteiger partial charge is 0.251 e. The summed E-state index contributed by atoms with van der Waals surface area (Å²) in [5.74, 6) is -0.206. The Morgan fingerprint density at radius 2 is 1.80 bits per heavy atom. The second-order valence-electron chi connectivity index (χ2n) is 4.80. The van der Waals surface area contributed by atoms with Gasteiger partial charge < -0.3 is 5.32 Å². The number of carbonyl (C=O) groups excluding carboxylic acids is 3. The number of piperidine rings is 1. The molecule has 2 aliphatic heterocycles. The lowest BCUT2D eigenvalue weighted by molar-refractivity contribution is -0.132. The maximum absolute atomic E-state index is 11.2. The van der Waals surface area contributed by atoms with Gasteiger partial charge in [-0.1, -0.05) is 19.1 Å². The topological polar surface area (TPSA) is 75.3 Å². The average molecular weight is 274 g/mol. The number of amides is 3. The largest absolute Gasteiger partial charge is 0.348 e. The van der Waals surface area contributed by atoms with Crippen LogP contribution in [0.2, 0.25) is 0 Å². The molecule has 0 atom stereocenters. The van der Waals surface area contributed by atoms with E-state index in [0.717, 1.165) is 12.0 Å². The number of hydrogen-bond donors (Lipinski definition) is 2. The molecule has 5 nitrogen and oxygen atoms in total. The number of nitrogens with one attached hydrogen (secondary N) is 2. The first-order valence-corrected chi connectivity index (χ1v) is 6.83. The van der Waals surface area contributed by atoms with Crippen molar-refractivity contribution in [3.8, 4) is 0 Å². The van der Waals surface area contributed by atoms with Gasteiger partial charge in [0.15, 0.2) is 0 Å². The molecule has 106 valence electrons. The van der Waals surface area contributed by atoms with E-state index >= 15 is 0 Å². The van der Waals surface area contributed by atoms with Crippen LogP contribution in [0.1, 0.15) is 47.7 Å². The Bertz CT molecular complexity index is 538. The summed E-state index contributed by atoms with van der Waals surface area (Å²) in [5.41, 5.74) is 3.32. The van der Waals surface area contributed by atoms with Crippen LogP contribution in [0.4, 0.5) is 0 Å². The highest BCUT2D eigenvalue weighted by atomic mass is 16.2. The highest BCUT2D eigenvalue weighted by molar-refractivity contribution is 5.98. The minimum Gasteiger partial charge on any atom is -0.348 e. The molecule has 2 aliphatic rings. The van der Waals surface area contributed by atoms with Crippen LogP contribution in [0, 0.1) is 0 Å². The standard InChI is InChI=1S/C10H11NO.C5H7NO2/c1-2-7-4-3-5-8-9(7)6-11-10(8)12;7-4-2-1-3-5(8)6-4/h3-5H,2,6H2,1H3,(H,11,12);1-3H2,(H,6,7,8). The summed E-state index contributed by atoms with van der Waals surface area (Å²) < 4.78 is 0. The number of carbonyl (C=O) groups is 3. The molecule has 0 bridgehead atoms. The summed E-state index contributed by atoms with van der Waals surface area (Å²) in [4.78, 5) is 31.9. The number of aryl methyl sites for hydroxylation is 1. The summed E-state index contributed by atoms with van der Waals surface area (Å²) in [6.45, 7) is 2.82. The van der Waals surface area contributed by atoms with Crippen molar-refractivity contribution in [2.24, 2.45) is 0 Å². The van der Waals surface area contributed by atoms with Gasteiger partial charge >= 0.3 is 0 Å². The van der Waals surface area contributed by atoms with Crippen LogP contribution in [0.3, 0.4) is 0 Å². The lowest BCUT2D eigenvalue weighted by atomic mass is 10.0. The van der Waals surface area contributed by atoms with Crippen LogP contribution in [0.5, 0.6) is 0 Å². The Labute approximate surface area is 117 Å². The van der Waals surface area contributed by atoms with Crippen molar-refractivity contribution in [3.63, 3.8) is 0 Å². The molecular formula is C15H18N2O3. The summed E-state index contributed by atoms with van der Waals surface area (Å²) in [6.07, 6.45) is 2.72. The van der Waals surface area contributed by atoms with E-state index in [9.17, 15) is 14.4 Å². The molecule has 0 aliphatic carbocycles. The molecule has 0 aromatic heterocycles. The molecule has 2 heterocycles. The van der Waals surface area contributed by atoms with E-state index in [1.54, 1.807) is 0 Å². The Morgan fingerprint density at radius 1 is 1.10 bits per heavy atom. The van der Waals surface area contributed by atoms with Gasteiger partial charge in [-0.2, -0.15) is 0 Å². The normalized spacial score (nSPS) is 16.8. The van der Waals surface area contributed by atoms with Crippen LogP contribution in [-0.4, -0.2) is 17.7 Å². The first-order valence-electron chi connectivity index (χ1n) is 6.83. The van der Waals surface area contributed by atoms with Crippen molar-refractivity contribution in [2.75, 3.05) is 0 Å². The molecule has 0 radical (unpaired) electrons. The lowest BCUT2D eigenvalue weighted by Crippen LogP contribution is -2.33. The highest BCUT2D eigenvalue weighted by Gasteiger charge is 2.19. The summed E-state index contributed by atoms with van der Waals surface area (Å²) in [7, 11) is 0. The molecule has 0 unspecified atom stereocenters. The van der Waals surface area contributed by atoms with E-state index < -0.39 is 0 Å². The van der Waals surface area contributed by atoms with Gasteiger partial charge in [-0.15, -0.1) is 0 Å². The average Bonchev–Trinajstić information content (AvgIpc) is 2.81. The Morgan fingerprint density at radius 3 is 2.35 bits per heavy atom. The van der Waals surface area contributed by atoms with Crippen LogP contribution in [-0.2, 0) is 22.6 Å². The van der Waals surface area contributed by atoms with Crippen LogP contribution in [0.15, 0.2) is 18.2 Å². The second-order valence-corrected chi connectivity index (χ2v) is 4.80. The number of rotatable bonds is 1. The summed E-state index contributed by atoms with van der Waals surface area (Å²) >= 11 is 0. The lowest BCUT2D eigenvalue weighted by Gasteiger charge is -2.07. The highest BCUT2D eigenvalue weighted by Crippen LogP contribution is 2.19. The van der Waals surface area contributed by atoms with Gasteiger partial charge in [0.25, 0.3) is 5.91 Å². The van der Waals surface area contributed by atoms with Crippen LogP contribution >= 0.6 is 0 Å². The van der Waals surface area contributed by atoms with Gasteiger partial charge in [0.05, 0.1) is 0 Å². The van der Waals surface area contributed by atoms with Gasteiger partial charge in [0.1, 0.15) is 0 Å². The van der Waals surface area contributed by atoms with Crippen molar-refractivity contribution in [2.45, 2.75) is 39.2 Å². The SMILES string of the molecule is CCc1cccc2c1CNC2=O.O=C1CCCC(=O)N1. The zero-order chi connectivity index (χ0) is 14.5. The van der Waals surface area contributed by atoms with E-state index in [2.05, 4.69) is 23.6 Å². The molecular weight excluding hydrogens is 256 g/mol. The van der Waals surface area contributed by atoms with E-state index in [1.165, 1.54) is 11.1 Å². The van der Waals surface area contributed by atoms with Gasteiger partial charge in [-0.3, -0.25) is 19.7 Å². The molecule has 3 rings (SSSR count). The molecule has 1 fully saturated rings. The zero-order valence-corrected chi connectivity index (χ0v) is 11.5. The quantitative estimate of drug-likeness (QED) is 0.758. The fraction of sp³-hybridized carbons (Fsp3) is 0.400. The molecule has 2 N–H and O–H groups in total. The van der Waals surface area contributed by atoms with E-state index in [0.29, 0.717) is 25.8 Å². The third kappa shape index (κ3) is 3.23. The van der Waals surface area contributed by atoms with E-state index in [-0.39, 0.29) is 17.7 Å². The molecule has 1 aromatic carbocycles. The molecule has 5 heteroatoms. The van der Waals surface area contributed by atoms with Crippen LogP contribution < -0.4 is 10.6 Å². The summed E-state index contributed by atoms with van der Waals surface area (Å²) in [6, 6.07) is 5.92. The Balaban J connectivity index is 0.000000160. The molecule has 3 amide bonds. The molecule has 20 heavy (non-hydrogen) atoms. The maximum atomic E-state index is 11.2. The van der Waals surface area contributed by atoms with Gasteiger partial charge in [0.2, 0.25) is 11.8 Å². The monoisotopic (exact) mass is 274 g/mol. The van der Waals surface area contributed by atoms with E-state index in [1.807, 2.05) is 12.1 Å². The predicted octanol–water partition coefficient (Wildman–Crippen LogP) is 1.31. The van der Waals surface area contributed by atoms with Crippen LogP contribution in [0.25, 0.3) is 0 Å². The van der Waals surface area contributed by atoms with Crippen molar-refractivity contribution < 1.29 is 14.4 Å². The van der Waals surface area contributed by atoms with Gasteiger partial charge in [-0.25, -0.2) is 0 Å². The van der Waals surface area contributed by atoms with Gasteiger partial charge in [0, 0.05) is 24.9 Å². The molecule has 1 aromatic rings. The van der Waals surface area contributed by atoms with Crippen molar-refractivity contribution in [3.05, 3.63) is 34.9 Å². The summed E-state index contributed by atoms with van der Waals surface area (Å²) in [5, 5.41) is 5.02. The zero-order valence-electron chi connectivity index (χ0n) is 11.5. The molecule has 1 saturated heterocycles. The molecule has 0 saturated carbocycles. The van der Waals surface area contributed by atoms with Crippen molar-refractivity contribution >= 4 is 17.7 Å². The first-order chi connectivity index (χ1) is 9.61. The number of imide groups is 1. The minimum atomic E-state index is -0.138. The fourth-order valence-corrected chi connectivity index (χ4v) is 2.34. The third-order valence-electron chi connectivity index (χ3n) is 3.41. The number of fused-ring (bicyclic) bond motifs is 1. The third-order valence-corrected chi connectivity index (χ3v) is 3.41. The second kappa shape index (κ2) is 6.32. The number of hydrogen-bond acceptors (Lipinski definition) is 3. The van der Waals surface area contributed by atoms with E-state index in [4.69, 9.17) is 0 Å². The number of benzene rings is 1. The minimum absolute atomic E-state index is 0.0697. The fourth-order valence-electron chi connectivity index (χ4n) is 2.34. The Hall–Kier alpha value is -2.17. The van der Waals surface area contributed by atoms with Crippen molar-refractivity contribution in [1.29, 1.82) is 0 Å². The Kier molecular flexibility index (Phi) is 4.50. The van der Waals surface area contributed by atoms with Gasteiger partial charge in [-0.05, 0) is 30.0 Å². The molecule has 0 spiro atoms. The van der Waals surface area contributed by atoms with Crippen molar-refractivity contribution in [1.82, 2.24) is 10.6 Å². The first kappa shape index (κ1) is 14.2.